The molecule has 2 N–H and O–H groups in total. The molecule has 1 rings (SSSR count). The van der Waals surface area contributed by atoms with Gasteiger partial charge in [-0.05, 0) is 53.4 Å². The van der Waals surface area contributed by atoms with Gasteiger partial charge in [-0.2, -0.15) is 0 Å². The Hall–Kier alpha value is -1.10. The summed E-state index contributed by atoms with van der Waals surface area (Å²) in [6.45, 7) is 7.19. The molecule has 0 amide bonds. The predicted molar refractivity (Wildman–Crippen MR) is 71.3 cm³/mol. The maximum absolute atomic E-state index is 11.9. The molecule has 0 spiro atoms. The molecule has 0 heterocycles. The second-order valence-electron chi connectivity index (χ2n) is 6.23. The van der Waals surface area contributed by atoms with E-state index in [0.717, 1.165) is 0 Å². The molecule has 0 aliphatic heterocycles. The van der Waals surface area contributed by atoms with Crippen LogP contribution < -0.4 is 5.73 Å². The quantitative estimate of drug-likeness (QED) is 0.791. The van der Waals surface area contributed by atoms with E-state index < -0.39 is 11.6 Å². The Kier molecular flexibility index (Phi) is 5.35. The second kappa shape index (κ2) is 6.37. The molecule has 0 aromatic carbocycles. The summed E-state index contributed by atoms with van der Waals surface area (Å²) in [7, 11) is 0. The number of nitrogens with two attached hydrogens (primary N) is 1. The second-order valence-corrected chi connectivity index (χ2v) is 6.23. The molecule has 0 aromatic rings. The fourth-order valence-electron chi connectivity index (χ4n) is 2.07. The summed E-state index contributed by atoms with van der Waals surface area (Å²) in [6.07, 6.45) is 2.68. The molecule has 0 aromatic heterocycles. The smallest absolute Gasteiger partial charge is 0.322 e. The Morgan fingerprint density at radius 1 is 1.16 bits per heavy atom. The summed E-state index contributed by atoms with van der Waals surface area (Å²) >= 11 is 0. The van der Waals surface area contributed by atoms with Gasteiger partial charge >= 0.3 is 11.9 Å². The highest BCUT2D eigenvalue weighted by atomic mass is 16.6. The average molecular weight is 271 g/mol. The van der Waals surface area contributed by atoms with Crippen molar-refractivity contribution < 1.29 is 19.1 Å². The number of carbonyl (C=O) groups excluding carboxylic acids is 2. The SMILES string of the molecule is C[C@H](N)C(=O)OC1CCC(C(=O)OC(C)(C)C)CC1. The average Bonchev–Trinajstić information content (AvgIpc) is 2.27. The Bertz CT molecular complexity index is 325. The maximum Gasteiger partial charge on any atom is 0.322 e. The summed E-state index contributed by atoms with van der Waals surface area (Å²) in [4.78, 5) is 23.3. The molecular weight excluding hydrogens is 246 g/mol. The highest BCUT2D eigenvalue weighted by Crippen LogP contribution is 2.28. The van der Waals surface area contributed by atoms with E-state index >= 15 is 0 Å². The van der Waals surface area contributed by atoms with Crippen molar-refractivity contribution in [1.29, 1.82) is 0 Å². The van der Waals surface area contributed by atoms with E-state index in [4.69, 9.17) is 15.2 Å². The summed E-state index contributed by atoms with van der Waals surface area (Å²) in [5.74, 6) is -0.602. The van der Waals surface area contributed by atoms with E-state index in [9.17, 15) is 9.59 Å². The van der Waals surface area contributed by atoms with Gasteiger partial charge in [0.05, 0.1) is 5.92 Å². The van der Waals surface area contributed by atoms with Crippen LogP contribution in [-0.4, -0.2) is 29.7 Å². The van der Waals surface area contributed by atoms with Gasteiger partial charge in [0, 0.05) is 0 Å². The van der Waals surface area contributed by atoms with Crippen molar-refractivity contribution in [3.63, 3.8) is 0 Å². The minimum atomic E-state index is -0.594. The van der Waals surface area contributed by atoms with Crippen molar-refractivity contribution in [3.05, 3.63) is 0 Å². The first-order valence-electron chi connectivity index (χ1n) is 6.88. The van der Waals surface area contributed by atoms with Gasteiger partial charge in [0.15, 0.2) is 0 Å². The molecule has 0 unspecified atom stereocenters. The Morgan fingerprint density at radius 2 is 1.68 bits per heavy atom. The molecule has 5 nitrogen and oxygen atoms in total. The highest BCUT2D eigenvalue weighted by molar-refractivity contribution is 5.75. The van der Waals surface area contributed by atoms with E-state index in [1.807, 2.05) is 20.8 Å². The topological polar surface area (TPSA) is 78.6 Å². The van der Waals surface area contributed by atoms with E-state index in [2.05, 4.69) is 0 Å². The van der Waals surface area contributed by atoms with Gasteiger partial charge in [-0.1, -0.05) is 0 Å². The number of esters is 2. The third kappa shape index (κ3) is 5.59. The molecule has 0 radical (unpaired) electrons. The zero-order chi connectivity index (χ0) is 14.6. The molecule has 0 saturated heterocycles. The van der Waals surface area contributed by atoms with Gasteiger partial charge < -0.3 is 15.2 Å². The van der Waals surface area contributed by atoms with Crippen LogP contribution in [-0.2, 0) is 19.1 Å². The van der Waals surface area contributed by atoms with Crippen LogP contribution in [0, 0.1) is 5.92 Å². The maximum atomic E-state index is 11.9. The third-order valence-corrected chi connectivity index (χ3v) is 3.07. The molecule has 1 aliphatic rings. The molecule has 110 valence electrons. The largest absolute Gasteiger partial charge is 0.461 e. The van der Waals surface area contributed by atoms with Gasteiger partial charge in [0.1, 0.15) is 17.7 Å². The normalized spacial score (nSPS) is 25.5. The number of rotatable bonds is 3. The van der Waals surface area contributed by atoms with Crippen molar-refractivity contribution in [2.45, 2.75) is 71.1 Å². The third-order valence-electron chi connectivity index (χ3n) is 3.07. The molecule has 1 aliphatic carbocycles. The Morgan fingerprint density at radius 3 is 2.11 bits per heavy atom. The lowest BCUT2D eigenvalue weighted by Gasteiger charge is -2.29. The van der Waals surface area contributed by atoms with Crippen LogP contribution in [0.4, 0.5) is 0 Å². The number of hydrogen-bond acceptors (Lipinski definition) is 5. The lowest BCUT2D eigenvalue weighted by atomic mass is 9.87. The summed E-state index contributed by atoms with van der Waals surface area (Å²) < 4.78 is 10.6. The van der Waals surface area contributed by atoms with Gasteiger partial charge in [-0.15, -0.1) is 0 Å². The number of hydrogen-bond donors (Lipinski definition) is 1. The summed E-state index contributed by atoms with van der Waals surface area (Å²) in [5.41, 5.74) is 5.00. The van der Waals surface area contributed by atoms with Gasteiger partial charge in [0.25, 0.3) is 0 Å². The van der Waals surface area contributed by atoms with Crippen LogP contribution in [0.15, 0.2) is 0 Å². The fraction of sp³-hybridized carbons (Fsp3) is 0.857. The molecule has 1 atom stereocenters. The monoisotopic (exact) mass is 271 g/mol. The number of ether oxygens (including phenoxy) is 2. The van der Waals surface area contributed by atoms with Gasteiger partial charge in [-0.3, -0.25) is 9.59 Å². The van der Waals surface area contributed by atoms with Crippen molar-refractivity contribution in [1.82, 2.24) is 0 Å². The zero-order valence-corrected chi connectivity index (χ0v) is 12.3. The predicted octanol–water partition coefficient (Wildman–Crippen LogP) is 1.78. The van der Waals surface area contributed by atoms with Crippen LogP contribution in [0.2, 0.25) is 0 Å². The lowest BCUT2D eigenvalue weighted by Crippen LogP contribution is -2.36. The lowest BCUT2D eigenvalue weighted by molar-refractivity contribution is -0.163. The van der Waals surface area contributed by atoms with Gasteiger partial charge in [-0.25, -0.2) is 0 Å². The van der Waals surface area contributed by atoms with E-state index in [1.54, 1.807) is 6.92 Å². The summed E-state index contributed by atoms with van der Waals surface area (Å²) in [5, 5.41) is 0. The Labute approximate surface area is 114 Å². The summed E-state index contributed by atoms with van der Waals surface area (Å²) in [6, 6.07) is -0.594. The molecule has 1 saturated carbocycles. The fourth-order valence-corrected chi connectivity index (χ4v) is 2.07. The van der Waals surface area contributed by atoms with E-state index in [1.165, 1.54) is 0 Å². The first kappa shape index (κ1) is 16.0. The van der Waals surface area contributed by atoms with Crippen molar-refractivity contribution in [3.8, 4) is 0 Å². The van der Waals surface area contributed by atoms with Crippen LogP contribution in [0.3, 0.4) is 0 Å². The van der Waals surface area contributed by atoms with Crippen LogP contribution >= 0.6 is 0 Å². The van der Waals surface area contributed by atoms with Crippen LogP contribution in [0.25, 0.3) is 0 Å². The van der Waals surface area contributed by atoms with Gasteiger partial charge in [0.2, 0.25) is 0 Å². The first-order chi connectivity index (χ1) is 8.69. The Balaban J connectivity index is 2.37. The standard InChI is InChI=1S/C14H25NO4/c1-9(15)12(16)18-11-7-5-10(6-8-11)13(17)19-14(2,3)4/h9-11H,5-8,15H2,1-4H3/t9-,10?,11?/m0/s1. The molecule has 1 fully saturated rings. The number of carbonyl (C=O) groups is 2. The van der Waals surface area contributed by atoms with Crippen LogP contribution in [0.1, 0.15) is 53.4 Å². The minimum Gasteiger partial charge on any atom is -0.461 e. The first-order valence-corrected chi connectivity index (χ1v) is 6.88. The van der Waals surface area contributed by atoms with E-state index in [-0.39, 0.29) is 24.0 Å². The molecule has 5 heteroatoms. The molecule has 19 heavy (non-hydrogen) atoms. The van der Waals surface area contributed by atoms with Crippen LogP contribution in [0.5, 0.6) is 0 Å². The van der Waals surface area contributed by atoms with Crippen molar-refractivity contribution >= 4 is 11.9 Å². The highest BCUT2D eigenvalue weighted by Gasteiger charge is 2.31. The molecule has 0 bridgehead atoms. The van der Waals surface area contributed by atoms with Crippen molar-refractivity contribution in [2.24, 2.45) is 11.7 Å². The molecular formula is C14H25NO4. The van der Waals surface area contributed by atoms with E-state index in [0.29, 0.717) is 25.7 Å². The minimum absolute atomic E-state index is 0.0792. The van der Waals surface area contributed by atoms with Crippen molar-refractivity contribution in [2.75, 3.05) is 0 Å². The zero-order valence-electron chi connectivity index (χ0n) is 12.3.